The van der Waals surface area contributed by atoms with Crippen molar-refractivity contribution in [3.63, 3.8) is 0 Å². The molecule has 3 rings (SSSR count). The van der Waals surface area contributed by atoms with Gasteiger partial charge in [0.05, 0.1) is 5.69 Å². The van der Waals surface area contributed by atoms with Crippen molar-refractivity contribution >= 4 is 34.9 Å². The van der Waals surface area contributed by atoms with E-state index in [1.54, 1.807) is 24.3 Å². The van der Waals surface area contributed by atoms with Gasteiger partial charge in [0.1, 0.15) is 0 Å². The summed E-state index contributed by atoms with van der Waals surface area (Å²) in [7, 11) is 0. The van der Waals surface area contributed by atoms with Gasteiger partial charge in [0.2, 0.25) is 5.56 Å². The first-order chi connectivity index (χ1) is 11.1. The van der Waals surface area contributed by atoms with Crippen molar-refractivity contribution in [1.82, 2.24) is 15.2 Å². The molecule has 8 nitrogen and oxygen atoms in total. The highest BCUT2D eigenvalue weighted by Crippen LogP contribution is 2.19. The number of aromatic amines is 1. The maximum atomic E-state index is 12.0. The molecule has 9 heteroatoms. The number of aromatic nitrogens is 3. The summed E-state index contributed by atoms with van der Waals surface area (Å²) in [6, 6.07) is 9.71. The van der Waals surface area contributed by atoms with Crippen LogP contribution in [0.25, 0.3) is 0 Å². The van der Waals surface area contributed by atoms with E-state index in [4.69, 9.17) is 16.0 Å². The molecule has 0 radical (unpaired) electrons. The van der Waals surface area contributed by atoms with Gasteiger partial charge >= 0.3 is 17.8 Å². The number of hydrogen-bond acceptors (Lipinski definition) is 6. The molecule has 0 saturated carbocycles. The number of hydrogen-bond donors (Lipinski definition) is 3. The highest BCUT2D eigenvalue weighted by molar-refractivity contribution is 6.30. The molecule has 0 aliphatic carbocycles. The number of halogens is 1. The Labute approximate surface area is 134 Å². The standard InChI is InChI=1S/C14H10ClN5O3/c15-8-2-1-3-9(6-8)18-14-20-19-13(23-14)12(22)17-10-4-5-11(21)16-7-10/h1-7H,(H,16,21)(H,17,22)(H,18,20). The molecule has 0 bridgehead atoms. The molecule has 0 fully saturated rings. The second-order valence-corrected chi connectivity index (χ2v) is 4.88. The maximum absolute atomic E-state index is 12.0. The zero-order valence-corrected chi connectivity index (χ0v) is 12.3. The van der Waals surface area contributed by atoms with Gasteiger partial charge in [-0.3, -0.25) is 9.59 Å². The first-order valence-corrected chi connectivity index (χ1v) is 6.84. The number of pyridine rings is 1. The average molecular weight is 332 g/mol. The summed E-state index contributed by atoms with van der Waals surface area (Å²) in [5.74, 6) is -0.815. The Balaban J connectivity index is 1.69. The molecule has 0 spiro atoms. The van der Waals surface area contributed by atoms with Gasteiger partial charge in [0.15, 0.2) is 0 Å². The summed E-state index contributed by atoms with van der Waals surface area (Å²) in [5, 5.41) is 13.3. The van der Waals surface area contributed by atoms with E-state index in [-0.39, 0.29) is 17.5 Å². The van der Waals surface area contributed by atoms with Gasteiger partial charge in [0.25, 0.3) is 0 Å². The van der Waals surface area contributed by atoms with Gasteiger partial charge in [-0.25, -0.2) is 0 Å². The normalized spacial score (nSPS) is 10.3. The molecule has 2 aromatic heterocycles. The molecule has 0 unspecified atom stereocenters. The molecule has 2 heterocycles. The molecule has 3 N–H and O–H groups in total. The number of amides is 1. The molecule has 1 aromatic carbocycles. The van der Waals surface area contributed by atoms with Gasteiger partial charge in [-0.2, -0.15) is 0 Å². The van der Waals surface area contributed by atoms with Crippen LogP contribution in [0.4, 0.5) is 17.4 Å². The van der Waals surface area contributed by atoms with E-state index in [9.17, 15) is 9.59 Å². The minimum absolute atomic E-state index is 0.0545. The Morgan fingerprint density at radius 2 is 2.04 bits per heavy atom. The topological polar surface area (TPSA) is 113 Å². The molecular weight excluding hydrogens is 322 g/mol. The summed E-state index contributed by atoms with van der Waals surface area (Å²) < 4.78 is 5.22. The number of carbonyl (C=O) groups is 1. The van der Waals surface area contributed by atoms with Crippen LogP contribution < -0.4 is 16.2 Å². The van der Waals surface area contributed by atoms with Crippen LogP contribution in [0.2, 0.25) is 5.02 Å². The Kier molecular flexibility index (Phi) is 4.07. The fourth-order valence-electron chi connectivity index (χ4n) is 1.73. The average Bonchev–Trinajstić information content (AvgIpc) is 2.98. The predicted molar refractivity (Wildman–Crippen MR) is 84.0 cm³/mol. The Morgan fingerprint density at radius 1 is 1.17 bits per heavy atom. The second-order valence-electron chi connectivity index (χ2n) is 4.44. The van der Waals surface area contributed by atoms with Gasteiger partial charge in [-0.15, -0.1) is 5.10 Å². The molecule has 0 aliphatic heterocycles. The molecule has 0 aliphatic rings. The predicted octanol–water partition coefficient (Wildman–Crippen LogP) is 2.41. The van der Waals surface area contributed by atoms with E-state index in [0.29, 0.717) is 16.4 Å². The Hall–Kier alpha value is -3.13. The number of anilines is 3. The van der Waals surface area contributed by atoms with Crippen LogP contribution >= 0.6 is 11.6 Å². The van der Waals surface area contributed by atoms with Crippen molar-refractivity contribution < 1.29 is 9.21 Å². The number of H-pyrrole nitrogens is 1. The van der Waals surface area contributed by atoms with Crippen LogP contribution in [-0.4, -0.2) is 21.1 Å². The number of benzene rings is 1. The van der Waals surface area contributed by atoms with Crippen molar-refractivity contribution in [3.05, 3.63) is 63.9 Å². The highest BCUT2D eigenvalue weighted by Gasteiger charge is 2.15. The largest absolute Gasteiger partial charge is 0.399 e. The Bertz CT molecular complexity index is 885. The quantitative estimate of drug-likeness (QED) is 0.676. The van der Waals surface area contributed by atoms with E-state index in [1.807, 2.05) is 0 Å². The molecule has 0 atom stereocenters. The molecule has 1 amide bonds. The lowest BCUT2D eigenvalue weighted by Crippen LogP contribution is -2.14. The zero-order valence-electron chi connectivity index (χ0n) is 11.5. The molecule has 0 saturated heterocycles. The highest BCUT2D eigenvalue weighted by atomic mass is 35.5. The van der Waals surface area contributed by atoms with Crippen LogP contribution in [0.3, 0.4) is 0 Å². The molecule has 3 aromatic rings. The zero-order chi connectivity index (χ0) is 16.2. The van der Waals surface area contributed by atoms with E-state index in [1.165, 1.54) is 18.3 Å². The van der Waals surface area contributed by atoms with E-state index in [2.05, 4.69) is 25.8 Å². The van der Waals surface area contributed by atoms with E-state index < -0.39 is 5.91 Å². The van der Waals surface area contributed by atoms with E-state index in [0.717, 1.165) is 0 Å². The van der Waals surface area contributed by atoms with Crippen LogP contribution in [0.15, 0.2) is 51.8 Å². The van der Waals surface area contributed by atoms with E-state index >= 15 is 0 Å². The summed E-state index contributed by atoms with van der Waals surface area (Å²) in [4.78, 5) is 25.4. The molecule has 23 heavy (non-hydrogen) atoms. The lowest BCUT2D eigenvalue weighted by atomic mass is 10.3. The van der Waals surface area contributed by atoms with Crippen LogP contribution in [0.1, 0.15) is 10.7 Å². The number of rotatable bonds is 4. The second kappa shape index (κ2) is 6.32. The summed E-state index contributed by atoms with van der Waals surface area (Å²) in [6.07, 6.45) is 1.36. The number of nitrogens with zero attached hydrogens (tertiary/aromatic N) is 2. The first kappa shape index (κ1) is 14.8. The molecule has 116 valence electrons. The van der Waals surface area contributed by atoms with Gasteiger partial charge in [0, 0.05) is 23.0 Å². The number of nitrogens with one attached hydrogen (secondary N) is 3. The lowest BCUT2D eigenvalue weighted by Gasteiger charge is -2.01. The summed E-state index contributed by atoms with van der Waals surface area (Å²) in [5.41, 5.74) is 0.777. The third-order valence-electron chi connectivity index (χ3n) is 2.74. The smallest absolute Gasteiger partial charge is 0.320 e. The van der Waals surface area contributed by atoms with Gasteiger partial charge < -0.3 is 20.0 Å². The minimum Gasteiger partial charge on any atom is -0.399 e. The van der Waals surface area contributed by atoms with Crippen molar-refractivity contribution in [1.29, 1.82) is 0 Å². The maximum Gasteiger partial charge on any atom is 0.320 e. The summed E-state index contributed by atoms with van der Waals surface area (Å²) in [6.45, 7) is 0. The fourth-order valence-corrected chi connectivity index (χ4v) is 1.92. The van der Waals surface area contributed by atoms with Crippen LogP contribution in [0.5, 0.6) is 0 Å². The summed E-state index contributed by atoms with van der Waals surface area (Å²) >= 11 is 5.87. The van der Waals surface area contributed by atoms with Crippen molar-refractivity contribution in [2.75, 3.05) is 10.6 Å². The third-order valence-corrected chi connectivity index (χ3v) is 2.97. The van der Waals surface area contributed by atoms with Crippen LogP contribution in [0, 0.1) is 0 Å². The van der Waals surface area contributed by atoms with Gasteiger partial charge in [-0.1, -0.05) is 22.8 Å². The fraction of sp³-hybridized carbons (Fsp3) is 0. The number of carbonyl (C=O) groups excluding carboxylic acids is 1. The monoisotopic (exact) mass is 331 g/mol. The molecular formula is C14H10ClN5O3. The van der Waals surface area contributed by atoms with Crippen molar-refractivity contribution in [2.45, 2.75) is 0 Å². The first-order valence-electron chi connectivity index (χ1n) is 6.46. The van der Waals surface area contributed by atoms with Crippen molar-refractivity contribution in [2.24, 2.45) is 0 Å². The SMILES string of the molecule is O=C(Nc1ccc(=O)[nH]c1)c1nnc(Nc2cccc(Cl)c2)o1. The van der Waals surface area contributed by atoms with Crippen LogP contribution in [-0.2, 0) is 0 Å². The van der Waals surface area contributed by atoms with Gasteiger partial charge in [-0.05, 0) is 24.3 Å². The van der Waals surface area contributed by atoms with Crippen molar-refractivity contribution in [3.8, 4) is 0 Å². The Morgan fingerprint density at radius 3 is 2.78 bits per heavy atom. The lowest BCUT2D eigenvalue weighted by molar-refractivity contribution is 0.0991. The third kappa shape index (κ3) is 3.74. The minimum atomic E-state index is -0.594.